The van der Waals surface area contributed by atoms with Crippen molar-refractivity contribution in [2.24, 2.45) is 5.92 Å². The Labute approximate surface area is 112 Å². The zero-order chi connectivity index (χ0) is 13.8. The molecule has 1 fully saturated rings. The number of likely N-dealkylation sites (tertiary alicyclic amines) is 1. The van der Waals surface area contributed by atoms with Crippen LogP contribution in [0.5, 0.6) is 11.5 Å². The normalized spacial score (nSPS) is 18.3. The molecule has 0 saturated carbocycles. The average molecular weight is 260 g/mol. The Morgan fingerprint density at radius 1 is 1.37 bits per heavy atom. The molecule has 100 valence electrons. The molecular formula is C14H16N2O3. The van der Waals surface area contributed by atoms with Crippen molar-refractivity contribution in [1.29, 1.82) is 5.26 Å². The predicted octanol–water partition coefficient (Wildman–Crippen LogP) is 1.58. The molecule has 0 radical (unpaired) electrons. The molecule has 0 N–H and O–H groups in total. The van der Waals surface area contributed by atoms with Crippen LogP contribution in [0.4, 0.5) is 0 Å². The number of hydrogen-bond acceptors (Lipinski definition) is 4. The number of carbonyl (C=O) groups is 1. The standard InChI is InChI=1S/C14H16N2O3/c1-18-12-4-3-10(5-13(12)19-2)8-16-9-11(7-15)6-14(16)17/h3-5,11H,6,8-9H2,1-2H3. The fraction of sp³-hybridized carbons (Fsp3) is 0.429. The van der Waals surface area contributed by atoms with E-state index in [4.69, 9.17) is 14.7 Å². The van der Waals surface area contributed by atoms with Gasteiger partial charge in [-0.15, -0.1) is 0 Å². The maximum Gasteiger partial charge on any atom is 0.224 e. The quantitative estimate of drug-likeness (QED) is 0.824. The molecule has 19 heavy (non-hydrogen) atoms. The van der Waals surface area contributed by atoms with E-state index in [0.717, 1.165) is 5.56 Å². The Balaban J connectivity index is 2.12. The highest BCUT2D eigenvalue weighted by molar-refractivity contribution is 5.79. The van der Waals surface area contributed by atoms with Crippen LogP contribution < -0.4 is 9.47 Å². The monoisotopic (exact) mass is 260 g/mol. The van der Waals surface area contributed by atoms with Crippen molar-refractivity contribution in [3.63, 3.8) is 0 Å². The molecule has 1 saturated heterocycles. The van der Waals surface area contributed by atoms with Crippen molar-refractivity contribution < 1.29 is 14.3 Å². The van der Waals surface area contributed by atoms with Crippen molar-refractivity contribution in [3.05, 3.63) is 23.8 Å². The van der Waals surface area contributed by atoms with Crippen LogP contribution in [0.1, 0.15) is 12.0 Å². The van der Waals surface area contributed by atoms with Gasteiger partial charge < -0.3 is 14.4 Å². The first-order valence-corrected chi connectivity index (χ1v) is 6.06. The highest BCUT2D eigenvalue weighted by Gasteiger charge is 2.29. The summed E-state index contributed by atoms with van der Waals surface area (Å²) >= 11 is 0. The summed E-state index contributed by atoms with van der Waals surface area (Å²) in [6.45, 7) is 1.00. The lowest BCUT2D eigenvalue weighted by Gasteiger charge is -2.17. The molecule has 5 nitrogen and oxygen atoms in total. The number of amides is 1. The van der Waals surface area contributed by atoms with E-state index in [0.29, 0.717) is 31.0 Å². The zero-order valence-electron chi connectivity index (χ0n) is 11.0. The molecule has 1 heterocycles. The number of nitriles is 1. The van der Waals surface area contributed by atoms with E-state index in [2.05, 4.69) is 6.07 Å². The summed E-state index contributed by atoms with van der Waals surface area (Å²) in [6.07, 6.45) is 0.323. The summed E-state index contributed by atoms with van der Waals surface area (Å²) in [4.78, 5) is 13.4. The van der Waals surface area contributed by atoms with Gasteiger partial charge in [0.25, 0.3) is 0 Å². The lowest BCUT2D eigenvalue weighted by atomic mass is 10.1. The number of hydrogen-bond donors (Lipinski definition) is 0. The van der Waals surface area contributed by atoms with Gasteiger partial charge in [0, 0.05) is 19.5 Å². The highest BCUT2D eigenvalue weighted by Crippen LogP contribution is 2.29. The molecule has 5 heteroatoms. The van der Waals surface area contributed by atoms with E-state index >= 15 is 0 Å². The van der Waals surface area contributed by atoms with Crippen LogP contribution >= 0.6 is 0 Å². The Morgan fingerprint density at radius 3 is 2.68 bits per heavy atom. The molecule has 0 spiro atoms. The van der Waals surface area contributed by atoms with Crippen LogP contribution in [0.3, 0.4) is 0 Å². The van der Waals surface area contributed by atoms with E-state index in [1.807, 2.05) is 18.2 Å². The molecular weight excluding hydrogens is 244 g/mol. The summed E-state index contributed by atoms with van der Waals surface area (Å²) in [5.74, 6) is 1.14. The van der Waals surface area contributed by atoms with E-state index < -0.39 is 0 Å². The van der Waals surface area contributed by atoms with Gasteiger partial charge in [0.15, 0.2) is 11.5 Å². The van der Waals surface area contributed by atoms with Crippen LogP contribution in [-0.2, 0) is 11.3 Å². The SMILES string of the molecule is COc1ccc(CN2CC(C#N)CC2=O)cc1OC. The van der Waals surface area contributed by atoms with Crippen LogP contribution in [0.2, 0.25) is 0 Å². The third kappa shape index (κ3) is 2.79. The molecule has 1 atom stereocenters. The number of nitrogens with zero attached hydrogens (tertiary/aromatic N) is 2. The Kier molecular flexibility index (Phi) is 3.91. The molecule has 0 bridgehead atoms. The number of ether oxygens (including phenoxy) is 2. The number of methoxy groups -OCH3 is 2. The first-order chi connectivity index (χ1) is 9.17. The van der Waals surface area contributed by atoms with E-state index in [1.165, 1.54) is 0 Å². The van der Waals surface area contributed by atoms with Crippen molar-refractivity contribution >= 4 is 5.91 Å². The van der Waals surface area contributed by atoms with Crippen molar-refractivity contribution in [2.75, 3.05) is 20.8 Å². The molecule has 1 amide bonds. The minimum Gasteiger partial charge on any atom is -0.493 e. The van der Waals surface area contributed by atoms with Crippen molar-refractivity contribution in [2.45, 2.75) is 13.0 Å². The third-order valence-electron chi connectivity index (χ3n) is 3.22. The molecule has 0 aliphatic carbocycles. The van der Waals surface area contributed by atoms with Gasteiger partial charge in [0.1, 0.15) is 0 Å². The third-order valence-corrected chi connectivity index (χ3v) is 3.22. The number of benzene rings is 1. The van der Waals surface area contributed by atoms with E-state index in [-0.39, 0.29) is 11.8 Å². The second kappa shape index (κ2) is 5.61. The first kappa shape index (κ1) is 13.2. The summed E-state index contributed by atoms with van der Waals surface area (Å²) in [7, 11) is 3.16. The predicted molar refractivity (Wildman–Crippen MR) is 68.7 cm³/mol. The molecule has 0 aromatic heterocycles. The Hall–Kier alpha value is -2.22. The largest absolute Gasteiger partial charge is 0.493 e. The van der Waals surface area contributed by atoms with Gasteiger partial charge in [-0.25, -0.2) is 0 Å². The molecule has 2 rings (SSSR count). The molecule has 1 unspecified atom stereocenters. The van der Waals surface area contributed by atoms with Gasteiger partial charge in [-0.3, -0.25) is 4.79 Å². The zero-order valence-corrected chi connectivity index (χ0v) is 11.0. The molecule has 1 aliphatic heterocycles. The summed E-state index contributed by atoms with van der Waals surface area (Å²) in [5, 5.41) is 8.85. The molecule has 1 aromatic carbocycles. The lowest BCUT2D eigenvalue weighted by Crippen LogP contribution is -2.24. The maximum atomic E-state index is 11.7. The van der Waals surface area contributed by atoms with Crippen molar-refractivity contribution in [3.8, 4) is 17.6 Å². The second-order valence-corrected chi connectivity index (χ2v) is 4.49. The fourth-order valence-electron chi connectivity index (χ4n) is 2.21. The van der Waals surface area contributed by atoms with Gasteiger partial charge in [0.2, 0.25) is 5.91 Å². The smallest absolute Gasteiger partial charge is 0.224 e. The number of carbonyl (C=O) groups excluding carboxylic acids is 1. The van der Waals surface area contributed by atoms with Gasteiger partial charge in [-0.2, -0.15) is 5.26 Å². The lowest BCUT2D eigenvalue weighted by molar-refractivity contribution is -0.128. The van der Waals surface area contributed by atoms with Crippen LogP contribution in [0, 0.1) is 17.2 Å². The first-order valence-electron chi connectivity index (χ1n) is 6.06. The van der Waals surface area contributed by atoms with Crippen LogP contribution in [-0.4, -0.2) is 31.6 Å². The van der Waals surface area contributed by atoms with Gasteiger partial charge in [-0.05, 0) is 17.7 Å². The minimum absolute atomic E-state index is 0.0290. The Bertz CT molecular complexity index is 522. The minimum atomic E-state index is -0.187. The summed E-state index contributed by atoms with van der Waals surface area (Å²) < 4.78 is 10.4. The highest BCUT2D eigenvalue weighted by atomic mass is 16.5. The maximum absolute atomic E-state index is 11.7. The summed E-state index contributed by atoms with van der Waals surface area (Å²) in [6, 6.07) is 7.71. The van der Waals surface area contributed by atoms with Gasteiger partial charge >= 0.3 is 0 Å². The summed E-state index contributed by atoms with van der Waals surface area (Å²) in [5.41, 5.74) is 0.963. The second-order valence-electron chi connectivity index (χ2n) is 4.49. The van der Waals surface area contributed by atoms with Gasteiger partial charge in [0.05, 0.1) is 26.2 Å². The van der Waals surface area contributed by atoms with E-state index in [9.17, 15) is 4.79 Å². The Morgan fingerprint density at radius 2 is 2.11 bits per heavy atom. The van der Waals surface area contributed by atoms with Crippen LogP contribution in [0.15, 0.2) is 18.2 Å². The molecule has 1 aliphatic rings. The van der Waals surface area contributed by atoms with Crippen LogP contribution in [0.25, 0.3) is 0 Å². The number of rotatable bonds is 4. The van der Waals surface area contributed by atoms with Gasteiger partial charge in [-0.1, -0.05) is 6.07 Å². The topological polar surface area (TPSA) is 62.6 Å². The average Bonchev–Trinajstić information content (AvgIpc) is 2.79. The molecule has 1 aromatic rings. The fourth-order valence-corrected chi connectivity index (χ4v) is 2.21. The van der Waals surface area contributed by atoms with Crippen molar-refractivity contribution in [1.82, 2.24) is 4.90 Å². The van der Waals surface area contributed by atoms with E-state index in [1.54, 1.807) is 19.1 Å².